The number of guanidine groups is 1. The highest BCUT2D eigenvalue weighted by molar-refractivity contribution is 7.11. The van der Waals surface area contributed by atoms with Gasteiger partial charge in [0.15, 0.2) is 5.96 Å². The standard InChI is InChI=1S/C19H33N5S/c1-4-20-19(21-10-9-18-23-14(2)15(3)25-18)22-11-12-24(17-7-8-17)13-16-5-6-16/h16-17H,4-13H2,1-3H3,(H2,20,21,22). The summed E-state index contributed by atoms with van der Waals surface area (Å²) in [5.41, 5.74) is 1.16. The molecule has 0 radical (unpaired) electrons. The summed E-state index contributed by atoms with van der Waals surface area (Å²) in [5, 5.41) is 8.03. The Morgan fingerprint density at radius 2 is 2.04 bits per heavy atom. The molecule has 2 N–H and O–H groups in total. The number of aliphatic imine (C=N–C) groups is 1. The largest absolute Gasteiger partial charge is 0.357 e. The van der Waals surface area contributed by atoms with Crippen LogP contribution in [0.5, 0.6) is 0 Å². The Hall–Kier alpha value is -1.14. The van der Waals surface area contributed by atoms with E-state index in [-0.39, 0.29) is 0 Å². The zero-order valence-corrected chi connectivity index (χ0v) is 16.8. The van der Waals surface area contributed by atoms with Gasteiger partial charge in [-0.15, -0.1) is 11.3 Å². The Morgan fingerprint density at radius 1 is 1.24 bits per heavy atom. The van der Waals surface area contributed by atoms with Crippen LogP contribution in [0.4, 0.5) is 0 Å². The van der Waals surface area contributed by atoms with E-state index in [2.05, 4.69) is 41.3 Å². The zero-order valence-electron chi connectivity index (χ0n) is 16.0. The van der Waals surface area contributed by atoms with Crippen LogP contribution < -0.4 is 10.6 Å². The second-order valence-corrected chi connectivity index (χ2v) is 8.64. The summed E-state index contributed by atoms with van der Waals surface area (Å²) in [6.07, 6.45) is 6.61. The Bertz CT molecular complexity index is 555. The molecule has 0 unspecified atom stereocenters. The van der Waals surface area contributed by atoms with Crippen molar-refractivity contribution >= 4 is 17.3 Å². The molecule has 2 saturated carbocycles. The lowest BCUT2D eigenvalue weighted by Crippen LogP contribution is -2.39. The van der Waals surface area contributed by atoms with Crippen LogP contribution >= 0.6 is 11.3 Å². The van der Waals surface area contributed by atoms with Gasteiger partial charge in [-0.05, 0) is 52.4 Å². The first-order chi connectivity index (χ1) is 12.2. The monoisotopic (exact) mass is 363 g/mol. The van der Waals surface area contributed by atoms with Gasteiger partial charge in [0.1, 0.15) is 0 Å². The number of thiazole rings is 1. The SMILES string of the molecule is CCNC(=NCCN(CC1CC1)C1CC1)NCCc1nc(C)c(C)s1. The van der Waals surface area contributed by atoms with E-state index in [9.17, 15) is 0 Å². The van der Waals surface area contributed by atoms with Crippen molar-refractivity contribution in [2.45, 2.75) is 58.9 Å². The number of aromatic nitrogens is 1. The predicted molar refractivity (Wildman–Crippen MR) is 107 cm³/mol. The molecule has 1 heterocycles. The molecule has 0 atom stereocenters. The summed E-state index contributed by atoms with van der Waals surface area (Å²) in [4.78, 5) is 13.4. The van der Waals surface area contributed by atoms with Crippen LogP contribution in [-0.4, -0.2) is 54.6 Å². The van der Waals surface area contributed by atoms with Crippen molar-refractivity contribution in [1.82, 2.24) is 20.5 Å². The van der Waals surface area contributed by atoms with E-state index in [1.54, 1.807) is 11.3 Å². The van der Waals surface area contributed by atoms with Gasteiger partial charge in [-0.2, -0.15) is 0 Å². The minimum absolute atomic E-state index is 0.850. The minimum atomic E-state index is 0.850. The molecule has 3 rings (SSSR count). The minimum Gasteiger partial charge on any atom is -0.357 e. The van der Waals surface area contributed by atoms with Crippen LogP contribution in [0, 0.1) is 19.8 Å². The van der Waals surface area contributed by atoms with E-state index in [1.807, 2.05) is 0 Å². The van der Waals surface area contributed by atoms with Gasteiger partial charge in [0.2, 0.25) is 0 Å². The maximum Gasteiger partial charge on any atom is 0.191 e. The quantitative estimate of drug-likeness (QED) is 0.496. The zero-order chi connectivity index (χ0) is 17.6. The van der Waals surface area contributed by atoms with Gasteiger partial charge in [-0.3, -0.25) is 9.89 Å². The maximum atomic E-state index is 4.78. The van der Waals surface area contributed by atoms with Crippen LogP contribution in [0.2, 0.25) is 0 Å². The molecule has 25 heavy (non-hydrogen) atoms. The molecule has 0 aliphatic heterocycles. The van der Waals surface area contributed by atoms with E-state index in [4.69, 9.17) is 4.99 Å². The molecule has 1 aromatic rings. The summed E-state index contributed by atoms with van der Waals surface area (Å²) in [6, 6.07) is 0.850. The van der Waals surface area contributed by atoms with Crippen LogP contribution in [0.1, 0.15) is 48.2 Å². The highest BCUT2D eigenvalue weighted by Crippen LogP contribution is 2.34. The van der Waals surface area contributed by atoms with Gasteiger partial charge in [0.05, 0.1) is 17.2 Å². The number of hydrogen-bond acceptors (Lipinski definition) is 4. The van der Waals surface area contributed by atoms with Gasteiger partial charge in [-0.1, -0.05) is 0 Å². The smallest absolute Gasteiger partial charge is 0.191 e. The molecule has 6 heteroatoms. The average Bonchev–Trinajstić information content (AvgIpc) is 3.47. The Labute approximate surface area is 156 Å². The molecule has 0 saturated heterocycles. The number of nitrogens with one attached hydrogen (secondary N) is 2. The molecule has 140 valence electrons. The van der Waals surface area contributed by atoms with E-state index in [0.29, 0.717) is 0 Å². The number of nitrogens with zero attached hydrogens (tertiary/aromatic N) is 3. The Kier molecular flexibility index (Phi) is 6.70. The molecule has 1 aromatic heterocycles. The van der Waals surface area contributed by atoms with E-state index in [1.165, 1.54) is 42.1 Å². The summed E-state index contributed by atoms with van der Waals surface area (Å²) in [5.74, 6) is 1.91. The number of rotatable bonds is 10. The van der Waals surface area contributed by atoms with Crippen molar-refractivity contribution in [2.24, 2.45) is 10.9 Å². The normalized spacial score (nSPS) is 18.0. The molecule has 2 aliphatic rings. The summed E-state index contributed by atoms with van der Waals surface area (Å²) >= 11 is 1.80. The summed E-state index contributed by atoms with van der Waals surface area (Å²) in [6.45, 7) is 11.4. The first kappa shape index (κ1) is 18.6. The fourth-order valence-corrected chi connectivity index (χ4v) is 3.99. The van der Waals surface area contributed by atoms with Crippen molar-refractivity contribution in [2.75, 3.05) is 32.7 Å². The van der Waals surface area contributed by atoms with Crippen molar-refractivity contribution in [3.63, 3.8) is 0 Å². The third kappa shape index (κ3) is 6.26. The second-order valence-electron chi connectivity index (χ2n) is 7.36. The average molecular weight is 364 g/mol. The number of aryl methyl sites for hydroxylation is 2. The molecule has 0 amide bonds. The van der Waals surface area contributed by atoms with Crippen LogP contribution in [-0.2, 0) is 6.42 Å². The van der Waals surface area contributed by atoms with Crippen LogP contribution in [0.15, 0.2) is 4.99 Å². The fourth-order valence-electron chi connectivity index (χ4n) is 3.06. The molecule has 2 fully saturated rings. The third-order valence-electron chi connectivity index (χ3n) is 4.96. The topological polar surface area (TPSA) is 52.6 Å². The van der Waals surface area contributed by atoms with Crippen molar-refractivity contribution in [3.8, 4) is 0 Å². The Balaban J connectivity index is 1.41. The molecule has 2 aliphatic carbocycles. The Morgan fingerprint density at radius 3 is 2.64 bits per heavy atom. The molecular weight excluding hydrogens is 330 g/mol. The van der Waals surface area contributed by atoms with Crippen LogP contribution in [0.25, 0.3) is 0 Å². The van der Waals surface area contributed by atoms with E-state index in [0.717, 1.165) is 56.2 Å². The lowest BCUT2D eigenvalue weighted by molar-refractivity contribution is 0.260. The van der Waals surface area contributed by atoms with Gasteiger partial charge >= 0.3 is 0 Å². The van der Waals surface area contributed by atoms with E-state index < -0.39 is 0 Å². The predicted octanol–water partition coefficient (Wildman–Crippen LogP) is 2.73. The first-order valence-electron chi connectivity index (χ1n) is 9.84. The number of hydrogen-bond donors (Lipinski definition) is 2. The molecule has 0 bridgehead atoms. The van der Waals surface area contributed by atoms with Gasteiger partial charge in [-0.25, -0.2) is 4.98 Å². The summed E-state index contributed by atoms with van der Waals surface area (Å²) < 4.78 is 0. The molecular formula is C19H33N5S. The molecule has 5 nitrogen and oxygen atoms in total. The van der Waals surface area contributed by atoms with Crippen molar-refractivity contribution in [3.05, 3.63) is 15.6 Å². The lowest BCUT2D eigenvalue weighted by Gasteiger charge is -2.21. The van der Waals surface area contributed by atoms with Gasteiger partial charge in [0, 0.05) is 43.5 Å². The van der Waals surface area contributed by atoms with Crippen molar-refractivity contribution < 1.29 is 0 Å². The van der Waals surface area contributed by atoms with E-state index >= 15 is 0 Å². The fraction of sp³-hybridized carbons (Fsp3) is 0.789. The third-order valence-corrected chi connectivity index (χ3v) is 6.09. The highest BCUT2D eigenvalue weighted by atomic mass is 32.1. The second kappa shape index (κ2) is 8.99. The highest BCUT2D eigenvalue weighted by Gasteiger charge is 2.33. The van der Waals surface area contributed by atoms with Crippen LogP contribution in [0.3, 0.4) is 0 Å². The van der Waals surface area contributed by atoms with Gasteiger partial charge < -0.3 is 10.6 Å². The molecule has 0 aromatic carbocycles. The lowest BCUT2D eigenvalue weighted by atomic mass is 10.3. The first-order valence-corrected chi connectivity index (χ1v) is 10.7. The van der Waals surface area contributed by atoms with Crippen molar-refractivity contribution in [1.29, 1.82) is 0 Å². The van der Waals surface area contributed by atoms with Gasteiger partial charge in [0.25, 0.3) is 0 Å². The summed E-state index contributed by atoms with van der Waals surface area (Å²) in [7, 11) is 0. The maximum absolute atomic E-state index is 4.78. The molecule has 0 spiro atoms.